The molecule has 7 heteroatoms. The molecule has 0 unspecified atom stereocenters. The summed E-state index contributed by atoms with van der Waals surface area (Å²) in [5.41, 5.74) is 0. The van der Waals surface area contributed by atoms with Crippen molar-refractivity contribution in [3.8, 4) is 0 Å². The number of carboxylic acid groups (broad SMARTS) is 1. The lowest BCUT2D eigenvalue weighted by molar-refractivity contribution is 0.187. The van der Waals surface area contributed by atoms with Crippen LogP contribution in [0.2, 0.25) is 0 Å². The fourth-order valence-corrected chi connectivity index (χ4v) is 1.87. The van der Waals surface area contributed by atoms with E-state index in [1.54, 1.807) is 0 Å². The first-order chi connectivity index (χ1) is 8.15. The molecule has 1 aromatic rings. The van der Waals surface area contributed by atoms with Crippen molar-refractivity contribution in [2.75, 3.05) is 18.0 Å². The van der Waals surface area contributed by atoms with Crippen LogP contribution in [0.3, 0.4) is 0 Å². The minimum Gasteiger partial charge on any atom is -0.465 e. The second-order valence-corrected chi connectivity index (χ2v) is 3.91. The molecule has 2 heterocycles. The van der Waals surface area contributed by atoms with Crippen LogP contribution in [0.5, 0.6) is 0 Å². The van der Waals surface area contributed by atoms with Crippen molar-refractivity contribution in [1.29, 1.82) is 0 Å². The first-order valence-corrected chi connectivity index (χ1v) is 5.37. The van der Waals surface area contributed by atoms with Crippen LogP contribution in [-0.4, -0.2) is 40.3 Å². The van der Waals surface area contributed by atoms with Gasteiger partial charge in [-0.25, -0.2) is 19.2 Å². The van der Waals surface area contributed by atoms with Crippen LogP contribution in [0.25, 0.3) is 0 Å². The predicted octanol–water partition coefficient (Wildman–Crippen LogP) is 0.852. The molecule has 1 fully saturated rings. The summed E-state index contributed by atoms with van der Waals surface area (Å²) in [7, 11) is 0. The highest BCUT2D eigenvalue weighted by atomic mass is 19.1. The van der Waals surface area contributed by atoms with Gasteiger partial charge in [0.25, 0.3) is 0 Å². The molecule has 1 aliphatic heterocycles. The maximum atomic E-state index is 12.6. The van der Waals surface area contributed by atoms with Crippen molar-refractivity contribution in [2.45, 2.75) is 18.9 Å². The Morgan fingerprint density at radius 1 is 1.41 bits per heavy atom. The molecule has 2 rings (SSSR count). The summed E-state index contributed by atoms with van der Waals surface area (Å²) in [4.78, 5) is 20.2. The SMILES string of the molecule is O=C(O)NC1CCN(c2ncc(F)cn2)CC1. The smallest absolute Gasteiger partial charge is 0.404 e. The van der Waals surface area contributed by atoms with Crippen LogP contribution >= 0.6 is 0 Å². The molecule has 0 atom stereocenters. The van der Waals surface area contributed by atoms with Gasteiger partial charge in [0, 0.05) is 19.1 Å². The minimum atomic E-state index is -0.999. The van der Waals surface area contributed by atoms with Crippen LogP contribution in [0.4, 0.5) is 15.1 Å². The van der Waals surface area contributed by atoms with Crippen molar-refractivity contribution in [2.24, 2.45) is 0 Å². The summed E-state index contributed by atoms with van der Waals surface area (Å²) in [5.74, 6) is 0.0244. The maximum absolute atomic E-state index is 12.6. The summed E-state index contributed by atoms with van der Waals surface area (Å²) in [6.07, 6.45) is 2.66. The summed E-state index contributed by atoms with van der Waals surface area (Å²) < 4.78 is 12.6. The third-order valence-electron chi connectivity index (χ3n) is 2.71. The highest BCUT2D eigenvalue weighted by Crippen LogP contribution is 2.15. The Morgan fingerprint density at radius 2 is 2.00 bits per heavy atom. The molecule has 0 aliphatic carbocycles. The van der Waals surface area contributed by atoms with E-state index in [1.807, 2.05) is 4.90 Å². The van der Waals surface area contributed by atoms with Crippen molar-refractivity contribution in [3.05, 3.63) is 18.2 Å². The largest absolute Gasteiger partial charge is 0.465 e. The van der Waals surface area contributed by atoms with Crippen LogP contribution in [0.15, 0.2) is 12.4 Å². The third kappa shape index (κ3) is 3.02. The number of carbonyl (C=O) groups is 1. The second kappa shape index (κ2) is 4.94. The lowest BCUT2D eigenvalue weighted by Gasteiger charge is -2.31. The summed E-state index contributed by atoms with van der Waals surface area (Å²) in [6, 6.07) is -0.0239. The summed E-state index contributed by atoms with van der Waals surface area (Å²) in [5, 5.41) is 11.0. The Balaban J connectivity index is 1.90. The van der Waals surface area contributed by atoms with E-state index >= 15 is 0 Å². The van der Waals surface area contributed by atoms with E-state index < -0.39 is 11.9 Å². The van der Waals surface area contributed by atoms with Gasteiger partial charge in [-0.2, -0.15) is 0 Å². The molecule has 6 nitrogen and oxygen atoms in total. The highest BCUT2D eigenvalue weighted by Gasteiger charge is 2.21. The molecule has 0 spiro atoms. The molecule has 1 aromatic heterocycles. The molecule has 0 saturated carbocycles. The fraction of sp³-hybridized carbons (Fsp3) is 0.500. The Hall–Kier alpha value is -1.92. The lowest BCUT2D eigenvalue weighted by Crippen LogP contribution is -2.44. The Morgan fingerprint density at radius 3 is 2.53 bits per heavy atom. The van der Waals surface area contributed by atoms with Gasteiger partial charge < -0.3 is 15.3 Å². The second-order valence-electron chi connectivity index (χ2n) is 3.91. The molecule has 1 saturated heterocycles. The molecule has 0 bridgehead atoms. The van der Waals surface area contributed by atoms with E-state index in [0.29, 0.717) is 31.9 Å². The van der Waals surface area contributed by atoms with E-state index in [2.05, 4.69) is 15.3 Å². The average molecular weight is 240 g/mol. The lowest BCUT2D eigenvalue weighted by atomic mass is 10.1. The number of hydrogen-bond donors (Lipinski definition) is 2. The predicted molar refractivity (Wildman–Crippen MR) is 58.4 cm³/mol. The van der Waals surface area contributed by atoms with Crippen LogP contribution in [-0.2, 0) is 0 Å². The quantitative estimate of drug-likeness (QED) is 0.801. The number of aromatic nitrogens is 2. The van der Waals surface area contributed by atoms with Gasteiger partial charge in [0.15, 0.2) is 5.82 Å². The molecule has 92 valence electrons. The number of halogens is 1. The summed E-state index contributed by atoms with van der Waals surface area (Å²) in [6.45, 7) is 1.33. The number of amides is 1. The van der Waals surface area contributed by atoms with E-state index in [1.165, 1.54) is 0 Å². The maximum Gasteiger partial charge on any atom is 0.404 e. The zero-order chi connectivity index (χ0) is 12.3. The summed E-state index contributed by atoms with van der Waals surface area (Å²) >= 11 is 0. The number of nitrogens with zero attached hydrogens (tertiary/aromatic N) is 3. The van der Waals surface area contributed by atoms with Gasteiger partial charge in [0.2, 0.25) is 5.95 Å². The van der Waals surface area contributed by atoms with Gasteiger partial charge in [-0.15, -0.1) is 0 Å². The first-order valence-electron chi connectivity index (χ1n) is 5.37. The highest BCUT2D eigenvalue weighted by molar-refractivity contribution is 5.64. The van der Waals surface area contributed by atoms with Gasteiger partial charge in [-0.3, -0.25) is 0 Å². The topological polar surface area (TPSA) is 78.4 Å². The Bertz CT molecular complexity index is 390. The van der Waals surface area contributed by atoms with Crippen LogP contribution in [0.1, 0.15) is 12.8 Å². The van der Waals surface area contributed by atoms with Gasteiger partial charge in [0.1, 0.15) is 0 Å². The van der Waals surface area contributed by atoms with E-state index in [4.69, 9.17) is 5.11 Å². The molecule has 0 aromatic carbocycles. The Kier molecular flexibility index (Phi) is 3.36. The Labute approximate surface area is 97.5 Å². The van der Waals surface area contributed by atoms with Gasteiger partial charge in [-0.05, 0) is 12.8 Å². The normalized spacial score (nSPS) is 16.9. The first kappa shape index (κ1) is 11.6. The monoisotopic (exact) mass is 240 g/mol. The minimum absolute atomic E-state index is 0.0239. The molecule has 1 aliphatic rings. The number of hydrogen-bond acceptors (Lipinski definition) is 4. The fourth-order valence-electron chi connectivity index (χ4n) is 1.87. The van der Waals surface area contributed by atoms with E-state index in [9.17, 15) is 9.18 Å². The van der Waals surface area contributed by atoms with Crippen molar-refractivity contribution in [3.63, 3.8) is 0 Å². The average Bonchev–Trinajstić information content (AvgIpc) is 2.30. The van der Waals surface area contributed by atoms with Crippen molar-refractivity contribution < 1.29 is 14.3 Å². The zero-order valence-corrected chi connectivity index (χ0v) is 9.14. The van der Waals surface area contributed by atoms with Crippen molar-refractivity contribution >= 4 is 12.0 Å². The van der Waals surface area contributed by atoms with Gasteiger partial charge >= 0.3 is 6.09 Å². The third-order valence-corrected chi connectivity index (χ3v) is 2.71. The molecular formula is C10H13FN4O2. The number of nitrogens with one attached hydrogen (secondary N) is 1. The van der Waals surface area contributed by atoms with Gasteiger partial charge in [-0.1, -0.05) is 0 Å². The van der Waals surface area contributed by atoms with E-state index in [-0.39, 0.29) is 6.04 Å². The van der Waals surface area contributed by atoms with Gasteiger partial charge in [0.05, 0.1) is 12.4 Å². The number of anilines is 1. The molecule has 0 radical (unpaired) electrons. The standard InChI is InChI=1S/C10H13FN4O2/c11-7-5-12-9(13-6-7)15-3-1-8(2-4-15)14-10(16)17/h5-6,8,14H,1-4H2,(H,16,17). The van der Waals surface area contributed by atoms with Crippen molar-refractivity contribution in [1.82, 2.24) is 15.3 Å². The number of rotatable bonds is 2. The number of piperidine rings is 1. The molecule has 1 amide bonds. The molecule has 2 N–H and O–H groups in total. The molecular weight excluding hydrogens is 227 g/mol. The van der Waals surface area contributed by atoms with Crippen LogP contribution in [0, 0.1) is 5.82 Å². The van der Waals surface area contributed by atoms with E-state index in [0.717, 1.165) is 12.4 Å². The molecule has 17 heavy (non-hydrogen) atoms. The zero-order valence-electron chi connectivity index (χ0n) is 9.14. The van der Waals surface area contributed by atoms with Crippen LogP contribution < -0.4 is 10.2 Å².